The van der Waals surface area contributed by atoms with Crippen LogP contribution in [-0.2, 0) is 35.2 Å². The molecule has 1 heterocycles. The van der Waals surface area contributed by atoms with Crippen LogP contribution in [-0.4, -0.2) is 86.8 Å². The van der Waals surface area contributed by atoms with Crippen LogP contribution in [0.4, 0.5) is 0 Å². The van der Waals surface area contributed by atoms with Gasteiger partial charge in [0.05, 0.1) is 12.4 Å². The quantitative estimate of drug-likeness (QED) is 0.134. The van der Waals surface area contributed by atoms with Crippen molar-refractivity contribution in [3.05, 3.63) is 18.2 Å². The molecule has 1 rings (SSSR count). The molecule has 0 aromatic carbocycles. The minimum absolute atomic E-state index is 0.0364. The Kier molecular flexibility index (Phi) is 11.5. The number of carboxylic acid groups (broad SMARTS) is 1. The Bertz CT molecular complexity index is 950. The molecule has 1 aromatic heterocycles. The molecule has 0 bridgehead atoms. The molecule has 0 saturated heterocycles. The zero-order chi connectivity index (χ0) is 27.6. The zero-order valence-electron chi connectivity index (χ0n) is 20.7. The Morgan fingerprint density at radius 3 is 1.50 bits per heavy atom. The van der Waals surface area contributed by atoms with Gasteiger partial charge in [-0.15, -0.1) is 0 Å². The van der Waals surface area contributed by atoms with Crippen molar-refractivity contribution in [1.29, 1.82) is 0 Å². The van der Waals surface area contributed by atoms with Gasteiger partial charge >= 0.3 is 5.97 Å². The van der Waals surface area contributed by atoms with Gasteiger partial charge in [0.15, 0.2) is 0 Å². The molecule has 0 aliphatic heterocycles. The number of carbonyl (C=O) groups excluding carboxylic acids is 5. The Balaban J connectivity index is 2.56. The molecule has 0 fully saturated rings. The standard InChI is InChI=1S/C21H34N8O7/c1-9(22)16(30)25-10(2)17(31)26-11(3)18(32)27-12(4)19(33)28-13(5)20(34)29-15(21(35)36)6-14-7-23-8-24-14/h7-13,15H,6,22H2,1-5H3,(H,23,24)(H,25,30)(H,26,31)(H,27,32)(H,28,33)(H,29,34)(H,35,36)/t9-,10-,11-,12-,13-,15-/m0/s1. The van der Waals surface area contributed by atoms with E-state index in [1.807, 2.05) is 0 Å². The molecule has 9 N–H and O–H groups in total. The van der Waals surface area contributed by atoms with Gasteiger partial charge < -0.3 is 42.4 Å². The van der Waals surface area contributed by atoms with Crippen molar-refractivity contribution in [3.8, 4) is 0 Å². The smallest absolute Gasteiger partial charge is 0.326 e. The van der Waals surface area contributed by atoms with E-state index in [-0.39, 0.29) is 6.42 Å². The third-order valence-electron chi connectivity index (χ3n) is 5.02. The Hall–Kier alpha value is -4.01. The first-order valence-corrected chi connectivity index (χ1v) is 11.2. The van der Waals surface area contributed by atoms with Gasteiger partial charge in [-0.2, -0.15) is 0 Å². The van der Waals surface area contributed by atoms with Crippen LogP contribution in [0.1, 0.15) is 40.3 Å². The summed E-state index contributed by atoms with van der Waals surface area (Å²) in [7, 11) is 0. The van der Waals surface area contributed by atoms with Gasteiger partial charge in [-0.25, -0.2) is 9.78 Å². The third-order valence-corrected chi connectivity index (χ3v) is 5.02. The van der Waals surface area contributed by atoms with Crippen molar-refractivity contribution in [1.82, 2.24) is 36.6 Å². The second-order valence-electron chi connectivity index (χ2n) is 8.39. The fourth-order valence-electron chi connectivity index (χ4n) is 2.74. The number of rotatable bonds is 13. The highest BCUT2D eigenvalue weighted by Crippen LogP contribution is 2.00. The monoisotopic (exact) mass is 510 g/mol. The number of amides is 5. The number of imidazole rings is 1. The predicted octanol–water partition coefficient (Wildman–Crippen LogP) is -3.11. The molecule has 200 valence electrons. The average Bonchev–Trinajstić information content (AvgIpc) is 3.30. The van der Waals surface area contributed by atoms with Crippen molar-refractivity contribution in [3.63, 3.8) is 0 Å². The van der Waals surface area contributed by atoms with E-state index < -0.39 is 71.8 Å². The molecule has 6 atom stereocenters. The van der Waals surface area contributed by atoms with Crippen LogP contribution in [0.25, 0.3) is 0 Å². The lowest BCUT2D eigenvalue weighted by atomic mass is 10.1. The molecule has 1 aromatic rings. The SMILES string of the molecule is C[C@H](N)C(=O)N[C@@H](C)C(=O)N[C@@H](C)C(=O)N[C@@H](C)C(=O)N[C@@H](C)C(=O)N[C@@H](Cc1cnc[nH]1)C(=O)O. The number of aromatic nitrogens is 2. The number of aliphatic carboxylic acids is 1. The van der Waals surface area contributed by atoms with Crippen LogP contribution in [0.3, 0.4) is 0 Å². The minimum Gasteiger partial charge on any atom is -0.480 e. The third kappa shape index (κ3) is 9.69. The summed E-state index contributed by atoms with van der Waals surface area (Å²) in [5.74, 6) is -4.55. The highest BCUT2D eigenvalue weighted by molar-refractivity contribution is 5.95. The summed E-state index contributed by atoms with van der Waals surface area (Å²) >= 11 is 0. The van der Waals surface area contributed by atoms with Crippen molar-refractivity contribution >= 4 is 35.5 Å². The molecule has 15 nitrogen and oxygen atoms in total. The minimum atomic E-state index is -1.26. The second-order valence-corrected chi connectivity index (χ2v) is 8.39. The summed E-state index contributed by atoms with van der Waals surface area (Å²) in [6, 6.07) is -6.23. The number of hydrogen-bond donors (Lipinski definition) is 8. The molecule has 5 amide bonds. The summed E-state index contributed by atoms with van der Waals surface area (Å²) < 4.78 is 0. The largest absolute Gasteiger partial charge is 0.480 e. The van der Waals surface area contributed by atoms with Crippen LogP contribution >= 0.6 is 0 Å². The number of hydrogen-bond acceptors (Lipinski definition) is 8. The van der Waals surface area contributed by atoms with Gasteiger partial charge in [-0.1, -0.05) is 0 Å². The van der Waals surface area contributed by atoms with Gasteiger partial charge in [0.25, 0.3) is 0 Å². The lowest BCUT2D eigenvalue weighted by Gasteiger charge is -2.22. The molecule has 0 radical (unpaired) electrons. The van der Waals surface area contributed by atoms with Gasteiger partial charge in [0, 0.05) is 18.3 Å². The lowest BCUT2D eigenvalue weighted by Crippen LogP contribution is -2.57. The summed E-state index contributed by atoms with van der Waals surface area (Å²) in [6.07, 6.45) is 2.77. The fourth-order valence-corrected chi connectivity index (χ4v) is 2.74. The maximum Gasteiger partial charge on any atom is 0.326 e. The normalized spacial score (nSPS) is 15.7. The Labute approximate surface area is 207 Å². The highest BCUT2D eigenvalue weighted by atomic mass is 16.4. The number of nitrogens with two attached hydrogens (primary N) is 1. The van der Waals surface area contributed by atoms with E-state index in [9.17, 15) is 33.9 Å². The first-order chi connectivity index (χ1) is 16.7. The summed E-state index contributed by atoms with van der Waals surface area (Å²) in [6.45, 7) is 7.00. The number of nitrogens with one attached hydrogen (secondary N) is 6. The van der Waals surface area contributed by atoms with E-state index >= 15 is 0 Å². The maximum atomic E-state index is 12.4. The molecule has 0 aliphatic carbocycles. The Morgan fingerprint density at radius 2 is 1.17 bits per heavy atom. The maximum absolute atomic E-state index is 12.4. The van der Waals surface area contributed by atoms with Gasteiger partial charge in [-0.05, 0) is 34.6 Å². The highest BCUT2D eigenvalue weighted by Gasteiger charge is 2.27. The number of carbonyl (C=O) groups is 6. The van der Waals surface area contributed by atoms with Crippen LogP contribution in [0, 0.1) is 0 Å². The number of carboxylic acids is 1. The first kappa shape index (κ1) is 30.0. The average molecular weight is 511 g/mol. The van der Waals surface area contributed by atoms with E-state index in [1.54, 1.807) is 0 Å². The van der Waals surface area contributed by atoms with Crippen molar-refractivity contribution in [2.75, 3.05) is 0 Å². The number of aromatic amines is 1. The van der Waals surface area contributed by atoms with Gasteiger partial charge in [-0.3, -0.25) is 24.0 Å². The van der Waals surface area contributed by atoms with E-state index in [0.29, 0.717) is 5.69 Å². The van der Waals surface area contributed by atoms with Crippen LogP contribution in [0.2, 0.25) is 0 Å². The summed E-state index contributed by atoms with van der Waals surface area (Å²) in [4.78, 5) is 79.0. The fraction of sp³-hybridized carbons (Fsp3) is 0.571. The molecule has 0 spiro atoms. The van der Waals surface area contributed by atoms with Crippen molar-refractivity contribution in [2.24, 2.45) is 5.73 Å². The first-order valence-electron chi connectivity index (χ1n) is 11.2. The second kappa shape index (κ2) is 13.8. The number of H-pyrrole nitrogens is 1. The molecular formula is C21H34N8O7. The van der Waals surface area contributed by atoms with Crippen LogP contribution < -0.4 is 32.3 Å². The van der Waals surface area contributed by atoms with E-state index in [4.69, 9.17) is 5.73 Å². The van der Waals surface area contributed by atoms with Gasteiger partial charge in [0.2, 0.25) is 29.5 Å². The summed E-state index contributed by atoms with van der Waals surface area (Å²) in [5, 5.41) is 21.3. The van der Waals surface area contributed by atoms with Crippen molar-refractivity contribution in [2.45, 2.75) is 77.3 Å². The molecular weight excluding hydrogens is 476 g/mol. The molecule has 36 heavy (non-hydrogen) atoms. The van der Waals surface area contributed by atoms with E-state index in [2.05, 4.69) is 36.6 Å². The van der Waals surface area contributed by atoms with Crippen LogP contribution in [0.15, 0.2) is 12.5 Å². The topological polar surface area (TPSA) is 237 Å². The molecule has 15 heteroatoms. The van der Waals surface area contributed by atoms with Gasteiger partial charge in [0.1, 0.15) is 30.2 Å². The predicted molar refractivity (Wildman–Crippen MR) is 126 cm³/mol. The molecule has 0 unspecified atom stereocenters. The van der Waals surface area contributed by atoms with E-state index in [1.165, 1.54) is 47.1 Å². The Morgan fingerprint density at radius 1 is 0.778 bits per heavy atom. The van der Waals surface area contributed by atoms with E-state index in [0.717, 1.165) is 0 Å². The molecule has 0 saturated carbocycles. The molecule has 0 aliphatic rings. The lowest BCUT2D eigenvalue weighted by molar-refractivity contribution is -0.142. The zero-order valence-corrected chi connectivity index (χ0v) is 20.7. The summed E-state index contributed by atoms with van der Waals surface area (Å²) in [5.41, 5.74) is 5.94. The van der Waals surface area contributed by atoms with Crippen molar-refractivity contribution < 1.29 is 33.9 Å². The van der Waals surface area contributed by atoms with Crippen LogP contribution in [0.5, 0.6) is 0 Å². The number of nitrogens with zero attached hydrogens (tertiary/aromatic N) is 1.